The van der Waals surface area contributed by atoms with E-state index >= 15 is 0 Å². The molecule has 2 aromatic rings. The van der Waals surface area contributed by atoms with Crippen LogP contribution in [0.1, 0.15) is 12.0 Å². The van der Waals surface area contributed by atoms with Gasteiger partial charge in [0, 0.05) is 19.0 Å². The number of nitrogens with zero attached hydrogens (tertiary/aromatic N) is 3. The van der Waals surface area contributed by atoms with E-state index in [4.69, 9.17) is 14.2 Å². The number of halogens is 3. The lowest BCUT2D eigenvalue weighted by molar-refractivity contribution is -0.139. The second-order valence-corrected chi connectivity index (χ2v) is 7.01. The van der Waals surface area contributed by atoms with Crippen LogP contribution in [0.4, 0.5) is 24.5 Å². The van der Waals surface area contributed by atoms with E-state index < -0.39 is 17.6 Å². The molecule has 1 saturated heterocycles. The second-order valence-electron chi connectivity index (χ2n) is 7.01. The number of hydrogen-bond acceptors (Lipinski definition) is 6. The largest absolute Gasteiger partial charge is 0.490 e. The molecule has 30 heavy (non-hydrogen) atoms. The Balaban J connectivity index is 1.64. The van der Waals surface area contributed by atoms with Crippen LogP contribution >= 0.6 is 0 Å². The number of amides is 1. The highest BCUT2D eigenvalue weighted by Crippen LogP contribution is 2.42. The molecule has 2 aliphatic heterocycles. The Bertz CT molecular complexity index is 938. The molecule has 0 unspecified atom stereocenters. The zero-order chi connectivity index (χ0) is 21.3. The van der Waals surface area contributed by atoms with Crippen LogP contribution < -0.4 is 19.1 Å². The molecule has 0 aliphatic carbocycles. The van der Waals surface area contributed by atoms with Gasteiger partial charge in [-0.15, -0.1) is 0 Å². The molecule has 0 radical (unpaired) electrons. The molecule has 0 N–H and O–H groups in total. The van der Waals surface area contributed by atoms with E-state index in [2.05, 4.69) is 4.98 Å². The number of fused-ring (bicyclic) bond motifs is 1. The molecule has 4 rings (SSSR count). The van der Waals surface area contributed by atoms with E-state index in [0.717, 1.165) is 19.6 Å². The third-order valence-corrected chi connectivity index (χ3v) is 5.07. The van der Waals surface area contributed by atoms with Crippen molar-refractivity contribution in [3.8, 4) is 17.4 Å². The first kappa shape index (κ1) is 20.1. The Morgan fingerprint density at radius 1 is 1.27 bits per heavy atom. The van der Waals surface area contributed by atoms with E-state index in [1.807, 2.05) is 0 Å². The molecule has 1 aromatic heterocycles. The van der Waals surface area contributed by atoms with E-state index in [9.17, 15) is 18.0 Å². The predicted molar refractivity (Wildman–Crippen MR) is 101 cm³/mol. The molecule has 3 heterocycles. The van der Waals surface area contributed by atoms with Crippen molar-refractivity contribution in [2.45, 2.75) is 18.7 Å². The molecule has 1 aromatic carbocycles. The van der Waals surface area contributed by atoms with E-state index in [0.29, 0.717) is 49.8 Å². The third kappa shape index (κ3) is 3.94. The van der Waals surface area contributed by atoms with E-state index in [-0.39, 0.29) is 11.8 Å². The maximum atomic E-state index is 13.4. The number of rotatable bonds is 5. The summed E-state index contributed by atoms with van der Waals surface area (Å²) < 4.78 is 56.7. The highest BCUT2D eigenvalue weighted by atomic mass is 19.4. The number of aromatic nitrogens is 1. The van der Waals surface area contributed by atoms with Crippen molar-refractivity contribution in [3.63, 3.8) is 0 Å². The smallest absolute Gasteiger partial charge is 0.421 e. The first-order valence-electron chi connectivity index (χ1n) is 9.40. The van der Waals surface area contributed by atoms with Gasteiger partial charge in [0.15, 0.2) is 0 Å². The fourth-order valence-electron chi connectivity index (χ4n) is 3.63. The van der Waals surface area contributed by atoms with Crippen LogP contribution in [0.3, 0.4) is 0 Å². The van der Waals surface area contributed by atoms with E-state index in [1.165, 1.54) is 6.20 Å². The minimum atomic E-state index is -4.60. The number of alkyl halides is 3. The Kier molecular flexibility index (Phi) is 5.31. The van der Waals surface area contributed by atoms with Crippen molar-refractivity contribution in [1.82, 2.24) is 9.88 Å². The quantitative estimate of drug-likeness (QED) is 0.688. The summed E-state index contributed by atoms with van der Waals surface area (Å²) in [4.78, 5) is 18.1. The number of benzene rings is 1. The normalized spacial score (nSPS) is 18.6. The highest BCUT2D eigenvalue weighted by molar-refractivity contribution is 5.72. The third-order valence-electron chi connectivity index (χ3n) is 5.07. The van der Waals surface area contributed by atoms with Gasteiger partial charge in [-0.25, -0.2) is 4.98 Å². The van der Waals surface area contributed by atoms with Crippen LogP contribution in [0.5, 0.6) is 17.4 Å². The number of methoxy groups -OCH3 is 1. The maximum absolute atomic E-state index is 13.4. The summed E-state index contributed by atoms with van der Waals surface area (Å²) >= 11 is 0. The molecule has 160 valence electrons. The molecule has 10 heteroatoms. The van der Waals surface area contributed by atoms with E-state index in [1.54, 1.807) is 28.0 Å². The van der Waals surface area contributed by atoms with Gasteiger partial charge in [0.2, 0.25) is 12.3 Å². The van der Waals surface area contributed by atoms with Gasteiger partial charge >= 0.3 is 6.18 Å². The molecule has 2 aliphatic rings. The lowest BCUT2D eigenvalue weighted by atomic mass is 10.1. The van der Waals surface area contributed by atoms with Crippen molar-refractivity contribution < 1.29 is 32.2 Å². The molecule has 1 fully saturated rings. The molecule has 0 spiro atoms. The molecular formula is C20H20F3N3O4. The van der Waals surface area contributed by atoms with Gasteiger partial charge in [0.05, 0.1) is 37.8 Å². The SMILES string of the molecule is COc1ncc(N2CCOc3ccc(O[C@H]4CCN(C=O)C4)cc32)cc1C(F)(F)F. The number of hydrogen-bond donors (Lipinski definition) is 0. The van der Waals surface area contributed by atoms with Crippen molar-refractivity contribution in [1.29, 1.82) is 0 Å². The maximum Gasteiger partial charge on any atom is 0.421 e. The standard InChI is InChI=1S/C20H20F3N3O4/c1-28-19-16(20(21,22)23)8-13(10-24-19)26-6-7-29-18-3-2-14(9-17(18)26)30-15-4-5-25(11-15)12-27/h2-3,8-10,12,15H,4-7,11H2,1H3/t15-/m0/s1. The Morgan fingerprint density at radius 3 is 2.80 bits per heavy atom. The van der Waals surface area contributed by atoms with Gasteiger partial charge in [0.1, 0.15) is 29.8 Å². The predicted octanol–water partition coefficient (Wildman–Crippen LogP) is 3.25. The zero-order valence-corrected chi connectivity index (χ0v) is 16.2. The van der Waals surface area contributed by atoms with Crippen molar-refractivity contribution >= 4 is 17.8 Å². The number of anilines is 2. The molecule has 0 saturated carbocycles. The van der Waals surface area contributed by atoms with Gasteiger partial charge in [-0.2, -0.15) is 13.2 Å². The molecule has 1 amide bonds. The Hall–Kier alpha value is -3.17. The first-order chi connectivity index (χ1) is 14.4. The van der Waals surface area contributed by atoms with Gasteiger partial charge < -0.3 is 24.0 Å². The molecule has 7 nitrogen and oxygen atoms in total. The monoisotopic (exact) mass is 423 g/mol. The summed E-state index contributed by atoms with van der Waals surface area (Å²) in [5, 5.41) is 0. The summed E-state index contributed by atoms with van der Waals surface area (Å²) in [5.74, 6) is 0.621. The van der Waals surface area contributed by atoms with Crippen molar-refractivity contribution in [2.24, 2.45) is 0 Å². The first-order valence-corrected chi connectivity index (χ1v) is 9.40. The zero-order valence-electron chi connectivity index (χ0n) is 16.2. The summed E-state index contributed by atoms with van der Waals surface area (Å²) in [6, 6.07) is 6.23. The van der Waals surface area contributed by atoms with Crippen LogP contribution in [-0.4, -0.2) is 55.7 Å². The number of pyridine rings is 1. The number of ether oxygens (including phenoxy) is 3. The average Bonchev–Trinajstić information content (AvgIpc) is 3.19. The fraction of sp³-hybridized carbons (Fsp3) is 0.400. The van der Waals surface area contributed by atoms with Gasteiger partial charge in [-0.05, 0) is 18.2 Å². The van der Waals surface area contributed by atoms with Crippen LogP contribution in [0.2, 0.25) is 0 Å². The topological polar surface area (TPSA) is 64.1 Å². The molecule has 1 atom stereocenters. The lowest BCUT2D eigenvalue weighted by Crippen LogP contribution is -2.29. The molecule has 0 bridgehead atoms. The summed E-state index contributed by atoms with van der Waals surface area (Å²) in [6.07, 6.45) is -1.88. The number of carbonyl (C=O) groups excluding carboxylic acids is 1. The van der Waals surface area contributed by atoms with Crippen LogP contribution in [0, 0.1) is 0 Å². The lowest BCUT2D eigenvalue weighted by Gasteiger charge is -2.32. The number of likely N-dealkylation sites (tertiary alicyclic amines) is 1. The summed E-state index contributed by atoms with van der Waals surface area (Å²) in [5.41, 5.74) is -0.0789. The minimum Gasteiger partial charge on any atom is -0.490 e. The average molecular weight is 423 g/mol. The van der Waals surface area contributed by atoms with Gasteiger partial charge in [-0.1, -0.05) is 0 Å². The molecular weight excluding hydrogens is 403 g/mol. The van der Waals surface area contributed by atoms with Crippen LogP contribution in [0.25, 0.3) is 0 Å². The summed E-state index contributed by atoms with van der Waals surface area (Å²) in [7, 11) is 1.15. The fourth-order valence-corrected chi connectivity index (χ4v) is 3.63. The van der Waals surface area contributed by atoms with Crippen molar-refractivity contribution in [3.05, 3.63) is 36.0 Å². The van der Waals surface area contributed by atoms with Gasteiger partial charge in [-0.3, -0.25) is 4.79 Å². The summed E-state index contributed by atoms with van der Waals surface area (Å²) in [6.45, 7) is 1.80. The Labute approximate surface area is 170 Å². The Morgan fingerprint density at radius 2 is 2.10 bits per heavy atom. The highest BCUT2D eigenvalue weighted by Gasteiger charge is 2.36. The number of carbonyl (C=O) groups is 1. The van der Waals surface area contributed by atoms with Crippen LogP contribution in [0.15, 0.2) is 30.5 Å². The van der Waals surface area contributed by atoms with Crippen LogP contribution in [-0.2, 0) is 11.0 Å². The minimum absolute atomic E-state index is 0.134. The van der Waals surface area contributed by atoms with Gasteiger partial charge in [0.25, 0.3) is 0 Å². The second kappa shape index (κ2) is 7.92. The van der Waals surface area contributed by atoms with Crippen molar-refractivity contribution in [2.75, 3.05) is 38.3 Å².